The third-order valence-corrected chi connectivity index (χ3v) is 18.2. The van der Waals surface area contributed by atoms with Crippen molar-refractivity contribution in [2.75, 3.05) is 24.8 Å². The van der Waals surface area contributed by atoms with Crippen LogP contribution < -0.4 is 15.4 Å². The predicted molar refractivity (Wildman–Crippen MR) is 223 cm³/mol. The van der Waals surface area contributed by atoms with E-state index < -0.39 is 64.8 Å². The number of nitrogens with one attached hydrogen (secondary N) is 2. The molecule has 12 unspecified atom stereocenters. The highest BCUT2D eigenvalue weighted by atomic mass is 33.1. The lowest BCUT2D eigenvalue weighted by Crippen LogP contribution is -2.81. The molecule has 7 aliphatic carbocycles. The van der Waals surface area contributed by atoms with Crippen LogP contribution in [0.5, 0.6) is 5.75 Å². The average Bonchev–Trinajstić information content (AvgIpc) is 3.57. The number of aliphatic hydroxyl groups excluding tert-OH is 5. The maximum absolute atomic E-state index is 15.3. The third-order valence-electron chi connectivity index (χ3n) is 16.0. The monoisotopic (exact) mass is 854 g/mol. The Morgan fingerprint density at radius 2 is 1.82 bits per heavy atom. The highest BCUT2D eigenvalue weighted by molar-refractivity contribution is 8.76. The van der Waals surface area contributed by atoms with Crippen LogP contribution in [0.3, 0.4) is 0 Å². The average molecular weight is 855 g/mol. The van der Waals surface area contributed by atoms with Crippen LogP contribution >= 0.6 is 21.6 Å². The summed E-state index contributed by atoms with van der Waals surface area (Å²) in [5.74, 6) is -1.29. The molecule has 3 saturated carbocycles. The number of ether oxygens (including phenoxy) is 2. The second-order valence-electron chi connectivity index (χ2n) is 18.6. The Labute approximate surface area is 355 Å². The van der Waals surface area contributed by atoms with Gasteiger partial charge >= 0.3 is 0 Å². The Morgan fingerprint density at radius 1 is 0.983 bits per heavy atom. The van der Waals surface area contributed by atoms with Crippen LogP contribution in [0.1, 0.15) is 70.4 Å². The van der Waals surface area contributed by atoms with Crippen molar-refractivity contribution < 1.29 is 49.7 Å². The molecule has 14 heteroatoms. The molecule has 8 N–H and O–H groups in total. The SMILES string of the molecule is O=C1c2cccc3c2C(=O)C2(CSSCNC4=CC5=C(CN4)C4CC6CC7(CO)OC(O3)C(O)C(O)(C7O)C6C53CCCC3C4)C(O)=CC(Cc3cccc(CO)c3)=CC12. The summed E-state index contributed by atoms with van der Waals surface area (Å²) in [4.78, 5) is 30.2. The normalized spacial score (nSPS) is 41.2. The van der Waals surface area contributed by atoms with Gasteiger partial charge in [-0.05, 0) is 102 Å². The number of ketones is 2. The zero-order chi connectivity index (χ0) is 41.3. The number of rotatable bonds is 4. The van der Waals surface area contributed by atoms with Crippen molar-refractivity contribution in [2.45, 2.75) is 81.3 Å². The Kier molecular flexibility index (Phi) is 9.13. The van der Waals surface area contributed by atoms with Gasteiger partial charge in [0.2, 0.25) is 6.29 Å². The number of fused-ring (bicyclic) bond motifs is 2. The smallest absolute Gasteiger partial charge is 0.229 e. The van der Waals surface area contributed by atoms with Crippen molar-refractivity contribution in [2.24, 2.45) is 40.4 Å². The van der Waals surface area contributed by atoms with E-state index in [1.807, 2.05) is 24.3 Å². The van der Waals surface area contributed by atoms with Crippen LogP contribution in [0.25, 0.3) is 0 Å². The molecule has 2 spiro atoms. The Balaban J connectivity index is 1.05. The Bertz CT molecular complexity index is 2330. The summed E-state index contributed by atoms with van der Waals surface area (Å²) in [6.07, 6.45) is 5.39. The van der Waals surface area contributed by atoms with Crippen LogP contribution in [-0.2, 0) is 17.8 Å². The lowest BCUT2D eigenvalue weighted by atomic mass is 9.47. The van der Waals surface area contributed by atoms with Gasteiger partial charge in [-0.15, -0.1) is 0 Å². The molecule has 2 aromatic carbocycles. The molecule has 12 nitrogen and oxygen atoms in total. The summed E-state index contributed by atoms with van der Waals surface area (Å²) in [6.45, 7) is -0.145. The van der Waals surface area contributed by atoms with Gasteiger partial charge in [0.15, 0.2) is 11.6 Å². The van der Waals surface area contributed by atoms with Crippen molar-refractivity contribution in [3.8, 4) is 5.75 Å². The minimum Gasteiger partial charge on any atom is -0.511 e. The fourth-order valence-corrected chi connectivity index (χ4v) is 15.8. The molecule has 0 radical (unpaired) electrons. The van der Waals surface area contributed by atoms with Crippen LogP contribution in [0, 0.1) is 40.4 Å². The molecule has 10 aliphatic rings. The number of Topliss-reactive ketones (excluding diaryl/α,β-unsaturated/α-hetero) is 2. The van der Waals surface area contributed by atoms with Gasteiger partial charge in [-0.2, -0.15) is 0 Å². The summed E-state index contributed by atoms with van der Waals surface area (Å²) in [5.41, 5.74) is -1.33. The number of aliphatic hydroxyl groups is 6. The zero-order valence-electron chi connectivity index (χ0n) is 33.0. The standard InChI is InChI=1S/C46H50N2O10S2/c49-19-24-5-1-4-23(10-24)11-25-12-32-37(52)29-7-2-8-33-36(29)39(53)45(32,34(51)13-25)21-59-60-22-48-35-16-31-30(18-47-35)26-14-27-17-43(20-50)42(55)46(56,40(54)41(57-33)58-43)38(27)44(31)9-3-6-28(44)15-26/h1-2,4-5,7-8,10,12-13,16,26-28,32,38,40-42,47-51,54-56H,3,6,9,11,14-15,17-22H2. The van der Waals surface area contributed by atoms with Gasteiger partial charge in [-0.1, -0.05) is 70.5 Å². The first-order valence-electron chi connectivity index (χ1n) is 21.2. The first-order chi connectivity index (χ1) is 29.0. The molecule has 0 amide bonds. The van der Waals surface area contributed by atoms with E-state index in [4.69, 9.17) is 9.47 Å². The van der Waals surface area contributed by atoms with Crippen LogP contribution in [0.15, 0.2) is 89.0 Å². The lowest BCUT2D eigenvalue weighted by molar-refractivity contribution is -0.392. The highest BCUT2D eigenvalue weighted by Gasteiger charge is 2.76. The van der Waals surface area contributed by atoms with E-state index in [1.165, 1.54) is 38.8 Å². The van der Waals surface area contributed by atoms with Crippen LogP contribution in [0.2, 0.25) is 0 Å². The van der Waals surface area contributed by atoms with Crippen molar-refractivity contribution in [3.63, 3.8) is 0 Å². The summed E-state index contributed by atoms with van der Waals surface area (Å²) in [6, 6.07) is 12.1. The molecule has 4 fully saturated rings. The van der Waals surface area contributed by atoms with E-state index >= 15 is 4.79 Å². The van der Waals surface area contributed by atoms with E-state index in [0.717, 1.165) is 49.1 Å². The quantitative estimate of drug-likeness (QED) is 0.204. The molecule has 1 saturated heterocycles. The predicted octanol–water partition coefficient (Wildman–Crippen LogP) is 4.23. The summed E-state index contributed by atoms with van der Waals surface area (Å²) in [7, 11) is 2.87. The van der Waals surface area contributed by atoms with Gasteiger partial charge in [0.05, 0.1) is 36.4 Å². The van der Waals surface area contributed by atoms with Gasteiger partial charge < -0.3 is 50.7 Å². The molecule has 3 aliphatic heterocycles. The first kappa shape index (κ1) is 39.3. The maximum Gasteiger partial charge on any atom is 0.229 e. The molecule has 60 heavy (non-hydrogen) atoms. The Morgan fingerprint density at radius 3 is 2.65 bits per heavy atom. The molecular formula is C46H50N2O10S2. The van der Waals surface area contributed by atoms with Crippen molar-refractivity contribution in [3.05, 3.63) is 111 Å². The molecule has 10 bridgehead atoms. The maximum atomic E-state index is 15.3. The number of hydrogen-bond donors (Lipinski definition) is 8. The fraction of sp³-hybridized carbons (Fsp3) is 0.522. The number of hydrogen-bond acceptors (Lipinski definition) is 14. The van der Waals surface area contributed by atoms with E-state index in [9.17, 15) is 35.4 Å². The number of benzene rings is 2. The Hall–Kier alpha value is -3.60. The third kappa shape index (κ3) is 5.22. The minimum absolute atomic E-state index is 0.0495. The van der Waals surface area contributed by atoms with Crippen LogP contribution in [-0.4, -0.2) is 96.7 Å². The number of carbonyl (C=O) groups is 2. The molecule has 3 heterocycles. The van der Waals surface area contributed by atoms with E-state index in [1.54, 1.807) is 24.3 Å². The number of dihydropyridines is 1. The highest BCUT2D eigenvalue weighted by Crippen LogP contribution is 2.72. The fourth-order valence-electron chi connectivity index (χ4n) is 13.6. The zero-order valence-corrected chi connectivity index (χ0v) is 34.6. The van der Waals surface area contributed by atoms with Gasteiger partial charge in [-0.3, -0.25) is 9.59 Å². The number of carbonyl (C=O) groups excluding carboxylic acids is 2. The van der Waals surface area contributed by atoms with E-state index in [2.05, 4.69) is 16.7 Å². The van der Waals surface area contributed by atoms with Crippen molar-refractivity contribution in [1.82, 2.24) is 10.6 Å². The molecule has 316 valence electrons. The molecule has 2 aromatic rings. The van der Waals surface area contributed by atoms with Gasteiger partial charge in [0.25, 0.3) is 0 Å². The van der Waals surface area contributed by atoms with E-state index in [-0.39, 0.29) is 65.0 Å². The van der Waals surface area contributed by atoms with Gasteiger partial charge in [0, 0.05) is 29.2 Å². The molecule has 12 atom stereocenters. The summed E-state index contributed by atoms with van der Waals surface area (Å²) in [5, 5.41) is 78.5. The van der Waals surface area contributed by atoms with Crippen LogP contribution in [0.4, 0.5) is 0 Å². The molecular weight excluding hydrogens is 805 g/mol. The number of allylic oxidation sites excluding steroid dienone is 6. The van der Waals surface area contributed by atoms with E-state index in [0.29, 0.717) is 24.4 Å². The second-order valence-corrected chi connectivity index (χ2v) is 21.1. The minimum atomic E-state index is -2.18. The summed E-state index contributed by atoms with van der Waals surface area (Å²) >= 11 is 0. The molecule has 12 rings (SSSR count). The van der Waals surface area contributed by atoms with Crippen molar-refractivity contribution in [1.29, 1.82) is 0 Å². The lowest BCUT2D eigenvalue weighted by Gasteiger charge is -2.65. The first-order valence-corrected chi connectivity index (χ1v) is 23.7. The summed E-state index contributed by atoms with van der Waals surface area (Å²) < 4.78 is 13.1. The topological polar surface area (TPSA) is 198 Å². The largest absolute Gasteiger partial charge is 0.511 e. The second kappa shape index (κ2) is 14.0. The van der Waals surface area contributed by atoms with Gasteiger partial charge in [-0.25, -0.2) is 0 Å². The van der Waals surface area contributed by atoms with Gasteiger partial charge in [0.1, 0.15) is 40.3 Å². The van der Waals surface area contributed by atoms with Crippen molar-refractivity contribution >= 4 is 33.2 Å². The molecule has 0 aromatic heterocycles.